The SMILES string of the molecule is CC[C@H](C)[C@H](NC(=O)[C@H](C)NC(=O)[C@@H]1CCCN1C(=O)[C@H](CCCN)NC(=O)[C@@H](N)CCCN=C(N)N)C(=O)N[C@@H](CC(C)C)C(=O)O. The predicted molar refractivity (Wildman–Crippen MR) is 181 cm³/mol. The molecule has 0 saturated carbocycles. The van der Waals surface area contributed by atoms with Gasteiger partial charge in [0.15, 0.2) is 5.96 Å². The Labute approximate surface area is 283 Å². The molecular formula is C31H58N10O7. The Balaban J connectivity index is 2.95. The number of guanidine groups is 1. The van der Waals surface area contributed by atoms with Crippen molar-refractivity contribution >= 4 is 41.5 Å². The van der Waals surface area contributed by atoms with E-state index in [0.717, 1.165) is 0 Å². The number of rotatable bonds is 21. The van der Waals surface area contributed by atoms with E-state index < -0.39 is 71.8 Å². The van der Waals surface area contributed by atoms with E-state index in [1.165, 1.54) is 11.8 Å². The van der Waals surface area contributed by atoms with Crippen LogP contribution in [0.1, 0.15) is 86.0 Å². The van der Waals surface area contributed by atoms with Crippen LogP contribution in [0.5, 0.6) is 0 Å². The molecule has 0 aromatic rings. The van der Waals surface area contributed by atoms with E-state index in [9.17, 15) is 33.9 Å². The van der Waals surface area contributed by atoms with Crippen molar-refractivity contribution in [3.05, 3.63) is 0 Å². The number of carbonyl (C=O) groups excluding carboxylic acids is 5. The maximum absolute atomic E-state index is 13.6. The number of carboxylic acid groups (broad SMARTS) is 1. The highest BCUT2D eigenvalue weighted by molar-refractivity contribution is 5.96. The smallest absolute Gasteiger partial charge is 0.326 e. The third-order valence-corrected chi connectivity index (χ3v) is 8.32. The van der Waals surface area contributed by atoms with E-state index in [1.807, 2.05) is 20.8 Å². The number of nitrogens with two attached hydrogens (primary N) is 4. The van der Waals surface area contributed by atoms with Crippen molar-refractivity contribution in [3.8, 4) is 0 Å². The van der Waals surface area contributed by atoms with Crippen LogP contribution in [0.4, 0.5) is 0 Å². The lowest BCUT2D eigenvalue weighted by Crippen LogP contribution is -2.59. The van der Waals surface area contributed by atoms with Gasteiger partial charge in [-0.2, -0.15) is 0 Å². The van der Waals surface area contributed by atoms with Crippen molar-refractivity contribution in [2.24, 2.45) is 39.8 Å². The Morgan fingerprint density at radius 3 is 2.10 bits per heavy atom. The van der Waals surface area contributed by atoms with Crippen molar-refractivity contribution in [3.63, 3.8) is 0 Å². The first-order chi connectivity index (χ1) is 22.5. The summed E-state index contributed by atoms with van der Waals surface area (Å²) in [6.07, 6.45) is 3.03. The Bertz CT molecular complexity index is 1130. The molecule has 1 aliphatic heterocycles. The summed E-state index contributed by atoms with van der Waals surface area (Å²) in [4.78, 5) is 83.1. The molecule has 13 N–H and O–H groups in total. The zero-order chi connectivity index (χ0) is 36.6. The molecule has 0 aromatic carbocycles. The monoisotopic (exact) mass is 682 g/mol. The molecule has 1 heterocycles. The van der Waals surface area contributed by atoms with Gasteiger partial charge in [0.05, 0.1) is 6.04 Å². The van der Waals surface area contributed by atoms with Crippen molar-refractivity contribution in [1.82, 2.24) is 26.2 Å². The van der Waals surface area contributed by atoms with Crippen LogP contribution in [0.15, 0.2) is 4.99 Å². The largest absolute Gasteiger partial charge is 0.480 e. The highest BCUT2D eigenvalue weighted by Gasteiger charge is 2.39. The molecule has 1 aliphatic rings. The Hall–Kier alpha value is -3.99. The Morgan fingerprint density at radius 1 is 0.896 bits per heavy atom. The topological polar surface area (TPSA) is 290 Å². The van der Waals surface area contributed by atoms with Gasteiger partial charge >= 0.3 is 5.97 Å². The van der Waals surface area contributed by atoms with E-state index in [2.05, 4.69) is 26.3 Å². The fourth-order valence-corrected chi connectivity index (χ4v) is 5.32. The second-order valence-corrected chi connectivity index (χ2v) is 12.9. The molecule has 274 valence electrons. The minimum Gasteiger partial charge on any atom is -0.480 e. The molecule has 0 spiro atoms. The minimum atomic E-state index is -1.17. The number of aliphatic carboxylic acids is 1. The molecule has 5 amide bonds. The number of aliphatic imine (C=N–C) groups is 1. The second-order valence-electron chi connectivity index (χ2n) is 12.9. The average molecular weight is 683 g/mol. The standard InChI is InChI=1S/C31H58N10O7/c1-6-18(4)24(28(45)39-22(30(47)48)16-17(2)3)40-25(42)19(5)37-27(44)23-12-9-15-41(23)29(46)21(11-7-13-32)38-26(43)20(33)10-8-14-36-31(34)35/h17-24H,6-16,32-33H2,1-5H3,(H,37,44)(H,38,43)(H,39,45)(H,40,42)(H,47,48)(H4,34,35,36)/t18-,19-,20-,21-,22-,23-,24-/m0/s1. The van der Waals surface area contributed by atoms with Crippen LogP contribution < -0.4 is 44.2 Å². The lowest BCUT2D eigenvalue weighted by atomic mass is 9.96. The summed E-state index contributed by atoms with van der Waals surface area (Å²) in [5.41, 5.74) is 22.3. The number of likely N-dealkylation sites (tertiary alicyclic amines) is 1. The number of nitrogens with one attached hydrogen (secondary N) is 4. The van der Waals surface area contributed by atoms with Crippen molar-refractivity contribution in [2.75, 3.05) is 19.6 Å². The summed E-state index contributed by atoms with van der Waals surface area (Å²) in [5.74, 6) is -4.37. The van der Waals surface area contributed by atoms with Crippen molar-refractivity contribution < 1.29 is 33.9 Å². The summed E-state index contributed by atoms with van der Waals surface area (Å²) in [6, 6.07) is -5.99. The lowest BCUT2D eigenvalue weighted by Gasteiger charge is -2.30. The van der Waals surface area contributed by atoms with E-state index in [4.69, 9.17) is 22.9 Å². The first-order valence-electron chi connectivity index (χ1n) is 16.8. The van der Waals surface area contributed by atoms with Gasteiger partial charge in [0.1, 0.15) is 30.2 Å². The maximum Gasteiger partial charge on any atom is 0.326 e. The van der Waals surface area contributed by atoms with Gasteiger partial charge in [-0.05, 0) is 70.3 Å². The van der Waals surface area contributed by atoms with Gasteiger partial charge in [-0.15, -0.1) is 0 Å². The highest BCUT2D eigenvalue weighted by atomic mass is 16.4. The fraction of sp³-hybridized carbons (Fsp3) is 0.774. The minimum absolute atomic E-state index is 0.0120. The van der Waals surface area contributed by atoms with E-state index in [0.29, 0.717) is 38.6 Å². The third kappa shape index (κ3) is 14.0. The highest BCUT2D eigenvalue weighted by Crippen LogP contribution is 2.20. The molecule has 1 rings (SSSR count). The number of nitrogens with zero attached hydrogens (tertiary/aromatic N) is 2. The molecule has 7 atom stereocenters. The summed E-state index contributed by atoms with van der Waals surface area (Å²) < 4.78 is 0. The molecule has 48 heavy (non-hydrogen) atoms. The Morgan fingerprint density at radius 2 is 1.54 bits per heavy atom. The Kier molecular flexibility index (Phi) is 18.5. The van der Waals surface area contributed by atoms with E-state index in [-0.39, 0.29) is 50.1 Å². The summed E-state index contributed by atoms with van der Waals surface area (Å²) in [7, 11) is 0. The molecule has 1 fully saturated rings. The van der Waals surface area contributed by atoms with Gasteiger partial charge in [0, 0.05) is 13.1 Å². The van der Waals surface area contributed by atoms with Crippen LogP contribution in [-0.4, -0.2) is 107 Å². The normalized spacial score (nSPS) is 18.1. The van der Waals surface area contributed by atoms with Gasteiger partial charge in [-0.25, -0.2) is 4.79 Å². The molecule has 1 saturated heterocycles. The third-order valence-electron chi connectivity index (χ3n) is 8.32. The number of carboxylic acids is 1. The van der Waals surface area contributed by atoms with Crippen molar-refractivity contribution in [2.45, 2.75) is 122 Å². The fourth-order valence-electron chi connectivity index (χ4n) is 5.32. The van der Waals surface area contributed by atoms with Gasteiger partial charge < -0.3 is 54.2 Å². The van der Waals surface area contributed by atoms with Crippen LogP contribution in [0, 0.1) is 11.8 Å². The van der Waals surface area contributed by atoms with Crippen LogP contribution in [-0.2, 0) is 28.8 Å². The van der Waals surface area contributed by atoms with Gasteiger partial charge in [0.2, 0.25) is 29.5 Å². The van der Waals surface area contributed by atoms with Gasteiger partial charge in [-0.3, -0.25) is 29.0 Å². The van der Waals surface area contributed by atoms with Crippen LogP contribution >= 0.6 is 0 Å². The maximum atomic E-state index is 13.6. The number of carbonyl (C=O) groups is 6. The second kappa shape index (κ2) is 21.1. The number of amides is 5. The molecule has 0 bridgehead atoms. The summed E-state index contributed by atoms with van der Waals surface area (Å²) >= 11 is 0. The van der Waals surface area contributed by atoms with Gasteiger partial charge in [0.25, 0.3) is 0 Å². The average Bonchev–Trinajstić information content (AvgIpc) is 3.52. The molecule has 0 radical (unpaired) electrons. The van der Waals surface area contributed by atoms with Crippen molar-refractivity contribution in [1.29, 1.82) is 0 Å². The molecule has 0 aromatic heterocycles. The van der Waals surface area contributed by atoms with Crippen LogP contribution in [0.2, 0.25) is 0 Å². The summed E-state index contributed by atoms with van der Waals surface area (Å²) in [5, 5.41) is 20.1. The van der Waals surface area contributed by atoms with Crippen LogP contribution in [0.3, 0.4) is 0 Å². The number of hydrogen-bond acceptors (Lipinski definition) is 9. The first-order valence-corrected chi connectivity index (χ1v) is 16.8. The molecular weight excluding hydrogens is 624 g/mol. The molecule has 17 heteroatoms. The molecule has 0 unspecified atom stereocenters. The summed E-state index contributed by atoms with van der Waals surface area (Å²) in [6.45, 7) is 9.58. The van der Waals surface area contributed by atoms with Crippen LogP contribution in [0.25, 0.3) is 0 Å². The zero-order valence-corrected chi connectivity index (χ0v) is 29.0. The number of hydrogen-bond donors (Lipinski definition) is 9. The molecule has 17 nitrogen and oxygen atoms in total. The molecule has 0 aliphatic carbocycles. The van der Waals surface area contributed by atoms with Gasteiger partial charge in [-0.1, -0.05) is 34.1 Å². The lowest BCUT2D eigenvalue weighted by molar-refractivity contribution is -0.143. The zero-order valence-electron chi connectivity index (χ0n) is 29.0. The first kappa shape index (κ1) is 42.0. The van der Waals surface area contributed by atoms with E-state index >= 15 is 0 Å². The van der Waals surface area contributed by atoms with E-state index in [1.54, 1.807) is 6.92 Å². The quantitative estimate of drug-likeness (QED) is 0.0371. The predicted octanol–water partition coefficient (Wildman–Crippen LogP) is -1.77.